The number of amides is 3. The maximum absolute atomic E-state index is 13.1. The van der Waals surface area contributed by atoms with Crippen molar-refractivity contribution >= 4 is 23.7 Å². The highest BCUT2D eigenvalue weighted by Gasteiger charge is 2.54. The lowest BCUT2D eigenvalue weighted by Crippen LogP contribution is -2.46. The van der Waals surface area contributed by atoms with Gasteiger partial charge >= 0.3 is 6.03 Å². The zero-order valence-corrected chi connectivity index (χ0v) is 13.3. The van der Waals surface area contributed by atoms with Crippen molar-refractivity contribution in [2.75, 3.05) is 5.75 Å². The fourth-order valence-corrected chi connectivity index (χ4v) is 4.48. The molecule has 2 aliphatic heterocycles. The molecule has 4 nitrogen and oxygen atoms in total. The molecular formula is C18H16N2O2S. The minimum absolute atomic E-state index is 0.140. The van der Waals surface area contributed by atoms with Gasteiger partial charge in [0, 0.05) is 16.2 Å². The Morgan fingerprint density at radius 3 is 2.61 bits per heavy atom. The summed E-state index contributed by atoms with van der Waals surface area (Å²) in [4.78, 5) is 28.0. The number of nitrogens with zero attached hydrogens (tertiary/aromatic N) is 1. The Kier molecular flexibility index (Phi) is 3.38. The van der Waals surface area contributed by atoms with Crippen molar-refractivity contribution in [3.05, 3.63) is 65.7 Å². The Bertz CT molecular complexity index is 778. The molecule has 0 aromatic heterocycles. The minimum atomic E-state index is -0.895. The number of rotatable bonds is 2. The summed E-state index contributed by atoms with van der Waals surface area (Å²) in [7, 11) is 0. The summed E-state index contributed by atoms with van der Waals surface area (Å²) >= 11 is 1.74. The van der Waals surface area contributed by atoms with Crippen LogP contribution in [0.2, 0.25) is 0 Å². The maximum Gasteiger partial charge on any atom is 0.325 e. The van der Waals surface area contributed by atoms with E-state index < -0.39 is 5.54 Å². The highest BCUT2D eigenvalue weighted by molar-refractivity contribution is 7.99. The number of carbonyl (C=O) groups excluding carboxylic acids is 2. The SMILES string of the molecule is O=C1NC2(CCSc3ccccc32)C(=O)N1Cc1ccccc1. The van der Waals surface area contributed by atoms with Gasteiger partial charge in [-0.05, 0) is 18.1 Å². The normalized spacial score (nSPS) is 23.0. The van der Waals surface area contributed by atoms with Crippen molar-refractivity contribution in [2.24, 2.45) is 0 Å². The van der Waals surface area contributed by atoms with Gasteiger partial charge in [0.05, 0.1) is 6.54 Å². The van der Waals surface area contributed by atoms with Gasteiger partial charge in [0.2, 0.25) is 0 Å². The second-order valence-electron chi connectivity index (χ2n) is 5.81. The highest BCUT2D eigenvalue weighted by Crippen LogP contribution is 2.43. The molecule has 1 saturated heterocycles. The smallest absolute Gasteiger partial charge is 0.319 e. The van der Waals surface area contributed by atoms with Crippen LogP contribution in [0.1, 0.15) is 17.5 Å². The van der Waals surface area contributed by atoms with Crippen molar-refractivity contribution in [1.82, 2.24) is 10.2 Å². The van der Waals surface area contributed by atoms with E-state index in [1.807, 2.05) is 54.6 Å². The zero-order chi connectivity index (χ0) is 15.9. The standard InChI is InChI=1S/C18H16N2O2S/c21-16-18(10-11-23-15-9-5-4-8-14(15)18)19-17(22)20(16)12-13-6-2-1-3-7-13/h1-9H,10-12H2,(H,19,22). The summed E-state index contributed by atoms with van der Waals surface area (Å²) in [5, 5.41) is 2.97. The topological polar surface area (TPSA) is 49.4 Å². The molecule has 1 unspecified atom stereocenters. The van der Waals surface area contributed by atoms with E-state index in [2.05, 4.69) is 5.32 Å². The maximum atomic E-state index is 13.1. The molecule has 3 amide bonds. The molecular weight excluding hydrogens is 308 g/mol. The summed E-state index contributed by atoms with van der Waals surface area (Å²) in [5.74, 6) is 0.682. The Hall–Kier alpha value is -2.27. The molecule has 2 heterocycles. The Labute approximate surface area is 138 Å². The van der Waals surface area contributed by atoms with Crippen molar-refractivity contribution in [3.8, 4) is 0 Å². The molecule has 2 aromatic rings. The van der Waals surface area contributed by atoms with Crippen molar-refractivity contribution < 1.29 is 9.59 Å². The predicted octanol–water partition coefficient (Wildman–Crippen LogP) is 3.13. The number of nitrogens with one attached hydrogen (secondary N) is 1. The first-order valence-electron chi connectivity index (χ1n) is 7.61. The quantitative estimate of drug-likeness (QED) is 0.864. The number of hydrogen-bond donors (Lipinski definition) is 1. The first-order valence-corrected chi connectivity index (χ1v) is 8.60. The molecule has 2 aliphatic rings. The zero-order valence-electron chi connectivity index (χ0n) is 12.5. The van der Waals surface area contributed by atoms with Gasteiger partial charge in [-0.15, -0.1) is 11.8 Å². The van der Waals surface area contributed by atoms with Crippen LogP contribution < -0.4 is 5.32 Å². The molecule has 5 heteroatoms. The largest absolute Gasteiger partial charge is 0.325 e. The fraction of sp³-hybridized carbons (Fsp3) is 0.222. The van der Waals surface area contributed by atoms with Crippen LogP contribution in [-0.2, 0) is 16.9 Å². The van der Waals surface area contributed by atoms with Crippen LogP contribution in [0.15, 0.2) is 59.5 Å². The van der Waals surface area contributed by atoms with E-state index >= 15 is 0 Å². The molecule has 1 N–H and O–H groups in total. The average Bonchev–Trinajstić information content (AvgIpc) is 2.81. The third-order valence-electron chi connectivity index (χ3n) is 4.44. The number of thioether (sulfide) groups is 1. The van der Waals surface area contributed by atoms with E-state index in [-0.39, 0.29) is 11.9 Å². The number of hydrogen-bond acceptors (Lipinski definition) is 3. The molecule has 0 bridgehead atoms. The van der Waals surface area contributed by atoms with Crippen LogP contribution in [-0.4, -0.2) is 22.6 Å². The monoisotopic (exact) mass is 324 g/mol. The van der Waals surface area contributed by atoms with Crippen molar-refractivity contribution in [1.29, 1.82) is 0 Å². The molecule has 2 aromatic carbocycles. The Morgan fingerprint density at radius 2 is 1.78 bits per heavy atom. The van der Waals surface area contributed by atoms with Crippen LogP contribution in [0, 0.1) is 0 Å². The predicted molar refractivity (Wildman–Crippen MR) is 89.0 cm³/mol. The summed E-state index contributed by atoms with van der Waals surface area (Å²) in [6, 6.07) is 17.1. The number of imide groups is 1. The first kappa shape index (κ1) is 14.3. The molecule has 0 radical (unpaired) electrons. The van der Waals surface area contributed by atoms with Gasteiger partial charge in [0.1, 0.15) is 5.54 Å². The first-order chi connectivity index (χ1) is 11.2. The fourth-order valence-electron chi connectivity index (χ4n) is 3.28. The van der Waals surface area contributed by atoms with Gasteiger partial charge in [-0.2, -0.15) is 0 Å². The summed E-state index contributed by atoms with van der Waals surface area (Å²) in [5.41, 5.74) is 0.977. The Balaban J connectivity index is 1.71. The summed E-state index contributed by atoms with van der Waals surface area (Å²) in [6.07, 6.45) is 0.630. The third kappa shape index (κ3) is 2.23. The molecule has 0 aliphatic carbocycles. The van der Waals surface area contributed by atoms with E-state index in [1.165, 1.54) is 4.90 Å². The summed E-state index contributed by atoms with van der Waals surface area (Å²) in [6.45, 7) is 0.308. The third-order valence-corrected chi connectivity index (χ3v) is 5.52. The van der Waals surface area contributed by atoms with Gasteiger partial charge in [0.15, 0.2) is 0 Å². The minimum Gasteiger partial charge on any atom is -0.319 e. The van der Waals surface area contributed by atoms with Crippen molar-refractivity contribution in [2.45, 2.75) is 23.4 Å². The highest BCUT2D eigenvalue weighted by atomic mass is 32.2. The summed E-state index contributed by atoms with van der Waals surface area (Å²) < 4.78 is 0. The van der Waals surface area contributed by atoms with E-state index in [9.17, 15) is 9.59 Å². The lowest BCUT2D eigenvalue weighted by Gasteiger charge is -2.32. The lowest BCUT2D eigenvalue weighted by molar-refractivity contribution is -0.132. The van der Waals surface area contributed by atoms with E-state index in [1.54, 1.807) is 11.8 Å². The Morgan fingerprint density at radius 1 is 1.04 bits per heavy atom. The number of urea groups is 1. The molecule has 116 valence electrons. The van der Waals surface area contributed by atoms with Gasteiger partial charge in [-0.3, -0.25) is 9.69 Å². The number of carbonyl (C=O) groups is 2. The second-order valence-corrected chi connectivity index (χ2v) is 6.94. The van der Waals surface area contributed by atoms with E-state index in [4.69, 9.17) is 0 Å². The van der Waals surface area contributed by atoms with Crippen molar-refractivity contribution in [3.63, 3.8) is 0 Å². The average molecular weight is 324 g/mol. The van der Waals surface area contributed by atoms with Gasteiger partial charge in [-0.25, -0.2) is 4.79 Å². The lowest BCUT2D eigenvalue weighted by atomic mass is 9.86. The van der Waals surface area contributed by atoms with Gasteiger partial charge < -0.3 is 5.32 Å². The molecule has 1 spiro atoms. The molecule has 1 atom stereocenters. The van der Waals surface area contributed by atoms with E-state index in [0.29, 0.717) is 13.0 Å². The van der Waals surface area contributed by atoms with Gasteiger partial charge in [0.25, 0.3) is 5.91 Å². The van der Waals surface area contributed by atoms with Crippen LogP contribution in [0.5, 0.6) is 0 Å². The van der Waals surface area contributed by atoms with E-state index in [0.717, 1.165) is 21.8 Å². The molecule has 23 heavy (non-hydrogen) atoms. The van der Waals surface area contributed by atoms with Crippen LogP contribution >= 0.6 is 11.8 Å². The van der Waals surface area contributed by atoms with Gasteiger partial charge in [-0.1, -0.05) is 48.5 Å². The molecule has 0 saturated carbocycles. The molecule has 4 rings (SSSR count). The van der Waals surface area contributed by atoms with Crippen LogP contribution in [0.4, 0.5) is 4.79 Å². The van der Waals surface area contributed by atoms with Crippen LogP contribution in [0.25, 0.3) is 0 Å². The number of benzene rings is 2. The molecule has 1 fully saturated rings. The van der Waals surface area contributed by atoms with Crippen LogP contribution in [0.3, 0.4) is 0 Å². The number of fused-ring (bicyclic) bond motifs is 2. The second kappa shape index (κ2) is 5.42.